The van der Waals surface area contributed by atoms with Crippen LogP contribution in [0.25, 0.3) is 0 Å². The van der Waals surface area contributed by atoms with E-state index in [2.05, 4.69) is 40.9 Å². The molecule has 0 aliphatic heterocycles. The van der Waals surface area contributed by atoms with Crippen LogP contribution in [0.3, 0.4) is 0 Å². The van der Waals surface area contributed by atoms with Crippen LogP contribution in [-0.4, -0.2) is 28.0 Å². The number of benzene rings is 1. The Kier molecular flexibility index (Phi) is 6.48. The lowest BCUT2D eigenvalue weighted by Crippen LogP contribution is -2.16. The molecule has 0 saturated carbocycles. The van der Waals surface area contributed by atoms with Crippen LogP contribution in [0, 0.1) is 6.92 Å². The molecule has 0 atom stereocenters. The third-order valence-corrected chi connectivity index (χ3v) is 5.24. The molecular weight excluding hydrogens is 392 g/mol. The van der Waals surface area contributed by atoms with Crippen LogP contribution in [0.15, 0.2) is 39.9 Å². The van der Waals surface area contributed by atoms with E-state index in [9.17, 15) is 4.79 Å². The monoisotopic (exact) mass is 416 g/mol. The van der Waals surface area contributed by atoms with Crippen LogP contribution >= 0.6 is 11.8 Å². The summed E-state index contributed by atoms with van der Waals surface area (Å²) in [6.07, 6.45) is 0. The Morgan fingerprint density at radius 1 is 1.28 bits per heavy atom. The van der Waals surface area contributed by atoms with Gasteiger partial charge in [-0.05, 0) is 42.2 Å². The van der Waals surface area contributed by atoms with Crippen molar-refractivity contribution in [2.45, 2.75) is 44.2 Å². The summed E-state index contributed by atoms with van der Waals surface area (Å²) in [7, 11) is 1.31. The van der Waals surface area contributed by atoms with Crippen molar-refractivity contribution in [1.82, 2.24) is 14.9 Å². The number of rotatable bonds is 8. The first-order valence-electron chi connectivity index (χ1n) is 9.11. The fourth-order valence-electron chi connectivity index (χ4n) is 2.69. The van der Waals surface area contributed by atoms with Crippen LogP contribution in [0.5, 0.6) is 5.75 Å². The number of aryl methyl sites for hydroxylation is 1. The van der Waals surface area contributed by atoms with E-state index in [1.165, 1.54) is 23.5 Å². The molecule has 29 heavy (non-hydrogen) atoms. The second-order valence-corrected chi connectivity index (χ2v) is 7.74. The van der Waals surface area contributed by atoms with E-state index in [1.807, 2.05) is 13.0 Å². The zero-order valence-electron chi connectivity index (χ0n) is 16.8. The molecule has 154 valence electrons. The molecule has 3 rings (SSSR count). The van der Waals surface area contributed by atoms with Gasteiger partial charge < -0.3 is 19.7 Å². The number of nitrogen functional groups attached to an aromatic ring is 1. The number of esters is 1. The maximum Gasteiger partial charge on any atom is 0.373 e. The lowest BCUT2D eigenvalue weighted by Gasteiger charge is -2.14. The highest BCUT2D eigenvalue weighted by Gasteiger charge is 2.15. The molecule has 0 fully saturated rings. The van der Waals surface area contributed by atoms with Crippen LogP contribution in [0.2, 0.25) is 0 Å². The summed E-state index contributed by atoms with van der Waals surface area (Å²) in [5.74, 6) is 8.50. The van der Waals surface area contributed by atoms with Crippen molar-refractivity contribution < 1.29 is 18.7 Å². The molecular formula is C20H24N4O4S. The lowest BCUT2D eigenvalue weighted by molar-refractivity contribution is 0.0563. The predicted octanol–water partition coefficient (Wildman–Crippen LogP) is 3.67. The number of furan rings is 1. The van der Waals surface area contributed by atoms with Gasteiger partial charge in [-0.15, -0.1) is 10.2 Å². The molecule has 8 nitrogen and oxygen atoms in total. The van der Waals surface area contributed by atoms with E-state index in [1.54, 1.807) is 12.1 Å². The maximum atomic E-state index is 11.5. The number of hydrogen-bond acceptors (Lipinski definition) is 8. The molecule has 0 unspecified atom stereocenters. The Balaban J connectivity index is 1.63. The number of ether oxygens (including phenoxy) is 2. The van der Waals surface area contributed by atoms with Crippen molar-refractivity contribution in [3.8, 4) is 5.75 Å². The highest BCUT2D eigenvalue weighted by molar-refractivity contribution is 7.98. The first-order chi connectivity index (χ1) is 13.9. The Morgan fingerprint density at radius 2 is 2.07 bits per heavy atom. The van der Waals surface area contributed by atoms with Crippen molar-refractivity contribution in [3.63, 3.8) is 0 Å². The first kappa shape index (κ1) is 20.8. The number of carbonyl (C=O) groups excluding carboxylic acids is 1. The average Bonchev–Trinajstić information content (AvgIpc) is 3.31. The van der Waals surface area contributed by atoms with Gasteiger partial charge in [0, 0.05) is 0 Å². The van der Waals surface area contributed by atoms with Gasteiger partial charge in [0.15, 0.2) is 5.82 Å². The van der Waals surface area contributed by atoms with Crippen LogP contribution in [0.4, 0.5) is 0 Å². The van der Waals surface area contributed by atoms with Crippen LogP contribution in [0.1, 0.15) is 53.0 Å². The Morgan fingerprint density at radius 3 is 2.79 bits per heavy atom. The van der Waals surface area contributed by atoms with Gasteiger partial charge in [0.25, 0.3) is 0 Å². The number of thioether (sulfide) groups is 1. The Labute approximate surface area is 173 Å². The number of nitrogens with two attached hydrogens (primary N) is 1. The van der Waals surface area contributed by atoms with Crippen molar-refractivity contribution in [2.75, 3.05) is 13.0 Å². The van der Waals surface area contributed by atoms with E-state index < -0.39 is 5.97 Å². The first-order valence-corrected chi connectivity index (χ1v) is 10.1. The zero-order chi connectivity index (χ0) is 21.0. The van der Waals surface area contributed by atoms with Crippen molar-refractivity contribution in [3.05, 3.63) is 58.8 Å². The van der Waals surface area contributed by atoms with Gasteiger partial charge in [0.2, 0.25) is 10.9 Å². The normalized spacial score (nSPS) is 11.1. The largest absolute Gasteiger partial charge is 0.485 e. The molecule has 1 aromatic carbocycles. The second-order valence-electron chi connectivity index (χ2n) is 6.80. The molecule has 0 amide bonds. The minimum absolute atomic E-state index is 0.158. The topological polar surface area (TPSA) is 105 Å². The lowest BCUT2D eigenvalue weighted by atomic mass is 10.0. The third-order valence-electron chi connectivity index (χ3n) is 4.27. The van der Waals surface area contributed by atoms with Gasteiger partial charge in [0.05, 0.1) is 12.9 Å². The predicted molar refractivity (Wildman–Crippen MR) is 109 cm³/mol. The Bertz CT molecular complexity index is 996. The molecule has 0 radical (unpaired) electrons. The quantitative estimate of drug-likeness (QED) is 0.337. The number of hydrogen-bond donors (Lipinski definition) is 1. The molecule has 0 saturated heterocycles. The summed E-state index contributed by atoms with van der Waals surface area (Å²) in [4.78, 5) is 11.5. The van der Waals surface area contributed by atoms with E-state index in [0.717, 1.165) is 16.9 Å². The molecule has 0 aliphatic rings. The molecule has 9 heteroatoms. The second kappa shape index (κ2) is 9.04. The third kappa shape index (κ3) is 4.92. The van der Waals surface area contributed by atoms with E-state index in [4.69, 9.17) is 15.0 Å². The number of methoxy groups -OCH3 is 1. The summed E-state index contributed by atoms with van der Waals surface area (Å²) in [6, 6.07) is 9.45. The molecule has 2 N–H and O–H groups in total. The van der Waals surface area contributed by atoms with Gasteiger partial charge >= 0.3 is 5.97 Å². The van der Waals surface area contributed by atoms with Gasteiger partial charge in [-0.2, -0.15) is 0 Å². The van der Waals surface area contributed by atoms with Crippen LogP contribution in [-0.2, 0) is 17.1 Å². The maximum absolute atomic E-state index is 11.5. The van der Waals surface area contributed by atoms with Crippen molar-refractivity contribution >= 4 is 17.7 Å². The molecule has 0 aliphatic carbocycles. The standard InChI is InChI=1S/C20H24N4O4S/c1-12(2)15-7-5-13(3)9-17(15)27-10-18-22-23-20(24(18)21)29-11-14-6-8-16(28-14)19(25)26-4/h5-9,12H,10-11,21H2,1-4H3. The molecule has 2 heterocycles. The highest BCUT2D eigenvalue weighted by atomic mass is 32.2. The van der Waals surface area contributed by atoms with E-state index in [0.29, 0.717) is 28.4 Å². The fraction of sp³-hybridized carbons (Fsp3) is 0.350. The molecule has 3 aromatic rings. The van der Waals surface area contributed by atoms with Gasteiger partial charge in [-0.3, -0.25) is 0 Å². The van der Waals surface area contributed by atoms with E-state index in [-0.39, 0.29) is 12.4 Å². The highest BCUT2D eigenvalue weighted by Crippen LogP contribution is 2.28. The summed E-state index contributed by atoms with van der Waals surface area (Å²) in [6.45, 7) is 6.48. The summed E-state index contributed by atoms with van der Waals surface area (Å²) < 4.78 is 17.5. The molecule has 0 bridgehead atoms. The molecule has 2 aromatic heterocycles. The van der Waals surface area contributed by atoms with Crippen molar-refractivity contribution in [2.24, 2.45) is 0 Å². The summed E-state index contributed by atoms with van der Waals surface area (Å²) in [5.41, 5.74) is 2.26. The molecule has 0 spiro atoms. The van der Waals surface area contributed by atoms with Gasteiger partial charge in [-0.1, -0.05) is 37.7 Å². The van der Waals surface area contributed by atoms with Crippen molar-refractivity contribution in [1.29, 1.82) is 0 Å². The van der Waals surface area contributed by atoms with Gasteiger partial charge in [-0.25, -0.2) is 9.47 Å². The SMILES string of the molecule is COC(=O)c1ccc(CSc2nnc(COc3cc(C)ccc3C(C)C)n2N)o1. The Hall–Kier alpha value is -2.94. The van der Waals surface area contributed by atoms with Crippen LogP contribution < -0.4 is 10.6 Å². The number of carbonyl (C=O) groups is 1. The number of nitrogens with zero attached hydrogens (tertiary/aromatic N) is 3. The average molecular weight is 417 g/mol. The smallest absolute Gasteiger partial charge is 0.373 e. The fourth-order valence-corrected chi connectivity index (χ4v) is 3.46. The van der Waals surface area contributed by atoms with Gasteiger partial charge in [0.1, 0.15) is 18.1 Å². The minimum Gasteiger partial charge on any atom is -0.485 e. The summed E-state index contributed by atoms with van der Waals surface area (Å²) >= 11 is 1.35. The minimum atomic E-state index is -0.514. The summed E-state index contributed by atoms with van der Waals surface area (Å²) in [5, 5.41) is 8.76. The van der Waals surface area contributed by atoms with E-state index >= 15 is 0 Å². The number of aromatic nitrogens is 3. The zero-order valence-corrected chi connectivity index (χ0v) is 17.7.